The summed E-state index contributed by atoms with van der Waals surface area (Å²) in [5.74, 6) is 0.0256. The average Bonchev–Trinajstić information content (AvgIpc) is 2.79. The maximum absolute atomic E-state index is 15.1. The number of halogens is 1. The fourth-order valence-corrected chi connectivity index (χ4v) is 4.81. The van der Waals surface area contributed by atoms with Crippen molar-refractivity contribution in [1.82, 2.24) is 20.3 Å². The fourth-order valence-electron chi connectivity index (χ4n) is 4.19. The van der Waals surface area contributed by atoms with Crippen LogP contribution in [0.3, 0.4) is 0 Å². The summed E-state index contributed by atoms with van der Waals surface area (Å²) in [4.78, 5) is 24.9. The van der Waals surface area contributed by atoms with E-state index in [1.165, 1.54) is 24.9 Å². The van der Waals surface area contributed by atoms with Crippen LogP contribution in [0.2, 0.25) is 0 Å². The van der Waals surface area contributed by atoms with Gasteiger partial charge >= 0.3 is 6.09 Å². The average molecular weight is 545 g/mol. The number of anilines is 2. The van der Waals surface area contributed by atoms with Crippen molar-refractivity contribution in [2.75, 3.05) is 17.8 Å². The van der Waals surface area contributed by atoms with Gasteiger partial charge in [-0.3, -0.25) is 0 Å². The van der Waals surface area contributed by atoms with Crippen LogP contribution >= 0.6 is 0 Å². The highest BCUT2D eigenvalue weighted by Crippen LogP contribution is 2.33. The Balaban J connectivity index is 1.47. The van der Waals surface area contributed by atoms with Crippen LogP contribution in [0.4, 0.5) is 26.4 Å². The zero-order chi connectivity index (χ0) is 27.5. The molecule has 3 aromatic rings. The number of aromatic nitrogens is 3. The molecule has 12 heteroatoms. The van der Waals surface area contributed by atoms with E-state index in [9.17, 15) is 9.00 Å². The monoisotopic (exact) mass is 544 g/mol. The molecule has 0 aliphatic heterocycles. The number of amides is 1. The Morgan fingerprint density at radius 2 is 1.87 bits per heavy atom. The maximum atomic E-state index is 15.1. The van der Waals surface area contributed by atoms with Gasteiger partial charge in [-0.05, 0) is 64.7 Å². The molecule has 1 amide bonds. The first-order chi connectivity index (χ1) is 17.9. The third kappa shape index (κ3) is 7.50. The molecule has 0 atom stereocenters. The minimum absolute atomic E-state index is 0.0202. The van der Waals surface area contributed by atoms with E-state index in [0.29, 0.717) is 17.1 Å². The van der Waals surface area contributed by atoms with E-state index in [1.54, 1.807) is 24.4 Å². The van der Waals surface area contributed by atoms with Gasteiger partial charge in [0, 0.05) is 40.5 Å². The Morgan fingerprint density at radius 1 is 1.13 bits per heavy atom. The molecule has 10 nitrogen and oxygen atoms in total. The molecule has 1 fully saturated rings. The van der Waals surface area contributed by atoms with Crippen LogP contribution in [-0.2, 0) is 14.5 Å². The highest BCUT2D eigenvalue weighted by Gasteiger charge is 2.26. The molecule has 38 heavy (non-hydrogen) atoms. The van der Waals surface area contributed by atoms with Gasteiger partial charge in [0.05, 0.1) is 16.6 Å². The maximum Gasteiger partial charge on any atom is 0.407 e. The number of nitrogens with one attached hydrogen (secondary N) is 2. The summed E-state index contributed by atoms with van der Waals surface area (Å²) in [6.45, 7) is 5.49. The van der Waals surface area contributed by atoms with Crippen molar-refractivity contribution in [3.05, 3.63) is 42.6 Å². The van der Waals surface area contributed by atoms with E-state index < -0.39 is 27.2 Å². The number of carbonyl (C=O) groups excluding carboxylic acids is 1. The second-order valence-electron chi connectivity index (χ2n) is 10.5. The van der Waals surface area contributed by atoms with Crippen LogP contribution < -0.4 is 15.4 Å². The summed E-state index contributed by atoms with van der Waals surface area (Å²) in [7, 11) is -2.46. The first kappa shape index (κ1) is 27.5. The Morgan fingerprint density at radius 3 is 2.55 bits per heavy atom. The zero-order valence-electron chi connectivity index (χ0n) is 22.2. The number of nitrogens with zero attached hydrogens (tertiary/aromatic N) is 4. The van der Waals surface area contributed by atoms with E-state index in [4.69, 9.17) is 9.47 Å². The summed E-state index contributed by atoms with van der Waals surface area (Å²) in [6.07, 6.45) is 8.34. The lowest BCUT2D eigenvalue weighted by Crippen LogP contribution is -2.42. The molecule has 0 unspecified atom stereocenters. The minimum Gasteiger partial charge on any atom is -0.473 e. The van der Waals surface area contributed by atoms with Crippen molar-refractivity contribution >= 4 is 43.9 Å². The molecule has 0 bridgehead atoms. The Kier molecular flexibility index (Phi) is 8.00. The van der Waals surface area contributed by atoms with Gasteiger partial charge in [-0.1, -0.05) is 0 Å². The molecule has 0 radical (unpaired) electrons. The highest BCUT2D eigenvalue weighted by molar-refractivity contribution is 7.92. The van der Waals surface area contributed by atoms with Crippen molar-refractivity contribution in [2.24, 2.45) is 4.36 Å². The first-order valence-corrected chi connectivity index (χ1v) is 14.7. The molecule has 204 valence electrons. The largest absolute Gasteiger partial charge is 0.473 e. The van der Waals surface area contributed by atoms with Crippen LogP contribution in [0.1, 0.15) is 46.5 Å². The van der Waals surface area contributed by atoms with Gasteiger partial charge in [-0.15, -0.1) is 0 Å². The highest BCUT2D eigenvalue weighted by atomic mass is 32.2. The van der Waals surface area contributed by atoms with Crippen LogP contribution in [0.25, 0.3) is 10.9 Å². The summed E-state index contributed by atoms with van der Waals surface area (Å²) >= 11 is 0. The van der Waals surface area contributed by atoms with E-state index >= 15 is 4.39 Å². The number of carbonyl (C=O) groups is 1. The molecular formula is C26H33FN6O4S. The van der Waals surface area contributed by atoms with Crippen molar-refractivity contribution < 1.29 is 22.9 Å². The lowest BCUT2D eigenvalue weighted by atomic mass is 9.93. The molecule has 1 aromatic carbocycles. The minimum atomic E-state index is -2.46. The third-order valence-corrected chi connectivity index (χ3v) is 6.35. The smallest absolute Gasteiger partial charge is 0.407 e. The molecular weight excluding hydrogens is 511 g/mol. The van der Waals surface area contributed by atoms with Crippen LogP contribution in [0, 0.1) is 5.82 Å². The molecule has 4 rings (SSSR count). The van der Waals surface area contributed by atoms with E-state index in [1.807, 2.05) is 20.8 Å². The van der Waals surface area contributed by atoms with Gasteiger partial charge < -0.3 is 20.1 Å². The van der Waals surface area contributed by atoms with Gasteiger partial charge in [0.2, 0.25) is 5.88 Å². The lowest BCUT2D eigenvalue weighted by molar-refractivity contribution is 0.0469. The Hall–Kier alpha value is -3.54. The normalized spacial score (nSPS) is 18.1. The predicted molar refractivity (Wildman–Crippen MR) is 145 cm³/mol. The van der Waals surface area contributed by atoms with Crippen molar-refractivity contribution in [3.8, 4) is 5.88 Å². The number of benzene rings is 1. The Bertz CT molecular complexity index is 1440. The number of hydrogen-bond acceptors (Lipinski definition) is 9. The SMILES string of the molecule is CC(C)(C)OC(=O)NC1CCC(Oc2ncccc2Nc2ncnc3cc(N=S(C)(C)=O)cc(F)c23)CC1. The predicted octanol–water partition coefficient (Wildman–Crippen LogP) is 5.48. The van der Waals surface area contributed by atoms with Crippen molar-refractivity contribution in [3.63, 3.8) is 0 Å². The summed E-state index contributed by atoms with van der Waals surface area (Å²) < 4.78 is 42.8. The summed E-state index contributed by atoms with van der Waals surface area (Å²) in [5, 5.41) is 6.23. The third-order valence-electron chi connectivity index (χ3n) is 5.70. The molecule has 1 saturated carbocycles. The van der Waals surface area contributed by atoms with Gasteiger partial charge in [-0.2, -0.15) is 4.36 Å². The molecule has 2 N–H and O–H groups in total. The van der Waals surface area contributed by atoms with Crippen LogP contribution in [0.5, 0.6) is 5.88 Å². The molecule has 1 aliphatic rings. The summed E-state index contributed by atoms with van der Waals surface area (Å²) in [6, 6.07) is 6.33. The van der Waals surface area contributed by atoms with Crippen LogP contribution in [0.15, 0.2) is 41.2 Å². The second kappa shape index (κ2) is 11.1. The number of fused-ring (bicyclic) bond motifs is 1. The summed E-state index contributed by atoms with van der Waals surface area (Å²) in [5.41, 5.74) is 0.556. The van der Waals surface area contributed by atoms with Gasteiger partial charge in [0.15, 0.2) is 0 Å². The number of hydrogen-bond donors (Lipinski definition) is 2. The first-order valence-electron chi connectivity index (χ1n) is 12.4. The number of pyridine rings is 1. The van der Waals surface area contributed by atoms with Crippen molar-refractivity contribution in [1.29, 1.82) is 0 Å². The fraction of sp³-hybridized carbons (Fsp3) is 0.462. The standard InChI is InChI=1S/C26H33FN6O4S/c1-26(2,3)37-25(34)31-16-8-10-18(11-9-16)36-24-20(7-6-12-28-24)32-23-22-19(27)13-17(33-38(4,5)35)14-21(22)29-15-30-23/h6-7,12-16,18H,8-11H2,1-5H3,(H,31,34)(H,29,30,32). The molecule has 2 aromatic heterocycles. The van der Waals surface area contributed by atoms with Gasteiger partial charge in [0.1, 0.15) is 35.4 Å². The van der Waals surface area contributed by atoms with Crippen molar-refractivity contribution in [2.45, 2.75) is 64.2 Å². The van der Waals surface area contributed by atoms with E-state index in [2.05, 4.69) is 29.9 Å². The molecule has 2 heterocycles. The topological polar surface area (TPSA) is 128 Å². The molecule has 0 spiro atoms. The van der Waals surface area contributed by atoms with E-state index in [0.717, 1.165) is 25.7 Å². The van der Waals surface area contributed by atoms with Gasteiger partial charge in [-0.25, -0.2) is 28.3 Å². The number of rotatable bonds is 6. The quantitative estimate of drug-likeness (QED) is 0.417. The molecule has 1 aliphatic carbocycles. The molecule has 0 saturated heterocycles. The number of ether oxygens (including phenoxy) is 2. The lowest BCUT2D eigenvalue weighted by Gasteiger charge is -2.30. The zero-order valence-corrected chi connectivity index (χ0v) is 23.0. The number of alkyl carbamates (subject to hydrolysis) is 1. The Labute approximate surface area is 221 Å². The van der Waals surface area contributed by atoms with E-state index in [-0.39, 0.29) is 29.0 Å². The van der Waals surface area contributed by atoms with Gasteiger partial charge in [0.25, 0.3) is 0 Å². The van der Waals surface area contributed by atoms with Crippen LogP contribution in [-0.4, -0.2) is 55.5 Å². The second-order valence-corrected chi connectivity index (χ2v) is 13.1.